The number of hydrogen-bond acceptors (Lipinski definition) is 18. The second-order valence-corrected chi connectivity index (χ2v) is 22.5. The highest BCUT2D eigenvalue weighted by atomic mass is 16.8. The predicted octanol–water partition coefficient (Wildman–Crippen LogP) is 5.93. The normalized spacial score (nSPS) is 30.4. The van der Waals surface area contributed by atoms with Gasteiger partial charge in [-0.05, 0) is 44.9 Å². The summed E-state index contributed by atoms with van der Waals surface area (Å²) in [7, 11) is 0. The number of nitrogens with one attached hydrogen (secondary N) is 1. The smallest absolute Gasteiger partial charge is 0.220 e. The van der Waals surface area contributed by atoms with Gasteiger partial charge in [0, 0.05) is 6.42 Å². The molecule has 3 fully saturated rings. The van der Waals surface area contributed by atoms with Crippen molar-refractivity contribution in [3.8, 4) is 0 Å². The van der Waals surface area contributed by atoms with E-state index in [-0.39, 0.29) is 18.9 Å². The molecule has 0 aromatic carbocycles. The maximum atomic E-state index is 13.3. The van der Waals surface area contributed by atoms with Crippen molar-refractivity contribution in [2.45, 2.75) is 324 Å². The highest BCUT2D eigenvalue weighted by Crippen LogP contribution is 2.33. The summed E-state index contributed by atoms with van der Waals surface area (Å²) >= 11 is 0. The predicted molar refractivity (Wildman–Crippen MR) is 300 cm³/mol. The molecular weight excluding hydrogens is 1020 g/mol. The highest BCUT2D eigenvalue weighted by Gasteiger charge is 2.53. The number of ether oxygens (including phenoxy) is 6. The van der Waals surface area contributed by atoms with E-state index < -0.39 is 124 Å². The van der Waals surface area contributed by atoms with Crippen molar-refractivity contribution in [3.05, 3.63) is 24.3 Å². The van der Waals surface area contributed by atoms with Gasteiger partial charge in [-0.15, -0.1) is 0 Å². The molecule has 0 aromatic heterocycles. The number of rotatable bonds is 46. The van der Waals surface area contributed by atoms with Crippen molar-refractivity contribution in [3.63, 3.8) is 0 Å². The molecule has 0 spiro atoms. The lowest BCUT2D eigenvalue weighted by Gasteiger charge is -2.48. The van der Waals surface area contributed by atoms with Gasteiger partial charge in [-0.3, -0.25) is 4.79 Å². The number of carbonyl (C=O) groups is 1. The highest BCUT2D eigenvalue weighted by molar-refractivity contribution is 5.76. The fraction of sp³-hybridized carbons (Fsp3) is 0.917. The second kappa shape index (κ2) is 43.8. The average Bonchev–Trinajstić information content (AvgIpc) is 3.54. The van der Waals surface area contributed by atoms with Gasteiger partial charge in [0.05, 0.1) is 38.6 Å². The first kappa shape index (κ1) is 71.5. The second-order valence-electron chi connectivity index (χ2n) is 22.5. The van der Waals surface area contributed by atoms with Crippen LogP contribution in [0.25, 0.3) is 0 Å². The molecule has 3 aliphatic rings. The zero-order valence-corrected chi connectivity index (χ0v) is 48.4. The molecule has 3 rings (SSSR count). The lowest BCUT2D eigenvalue weighted by atomic mass is 9.96. The summed E-state index contributed by atoms with van der Waals surface area (Å²) in [6.45, 7) is 1.72. The van der Waals surface area contributed by atoms with Gasteiger partial charge in [0.2, 0.25) is 5.91 Å². The monoisotopic (exact) mass is 1130 g/mol. The first-order valence-corrected chi connectivity index (χ1v) is 31.1. The Labute approximate surface area is 473 Å². The Kier molecular flexibility index (Phi) is 39.7. The zero-order valence-electron chi connectivity index (χ0n) is 48.4. The molecule has 12 N–H and O–H groups in total. The van der Waals surface area contributed by atoms with Gasteiger partial charge in [-0.25, -0.2) is 0 Å². The Morgan fingerprint density at radius 2 is 0.797 bits per heavy atom. The number of amides is 1. The molecule has 3 saturated heterocycles. The lowest BCUT2D eigenvalue weighted by molar-refractivity contribution is -0.379. The molecule has 79 heavy (non-hydrogen) atoms. The van der Waals surface area contributed by atoms with Crippen LogP contribution in [-0.4, -0.2) is 193 Å². The van der Waals surface area contributed by atoms with Gasteiger partial charge in [0.25, 0.3) is 0 Å². The molecular formula is C60H111NO18. The molecule has 464 valence electrons. The van der Waals surface area contributed by atoms with E-state index in [1.54, 1.807) is 6.08 Å². The third-order valence-corrected chi connectivity index (χ3v) is 15.7. The largest absolute Gasteiger partial charge is 0.394 e. The molecule has 19 nitrogen and oxygen atoms in total. The molecule has 0 saturated carbocycles. The van der Waals surface area contributed by atoms with Gasteiger partial charge in [-0.2, -0.15) is 0 Å². The summed E-state index contributed by atoms with van der Waals surface area (Å²) < 4.78 is 34.3. The van der Waals surface area contributed by atoms with Crippen LogP contribution in [0.4, 0.5) is 0 Å². The summed E-state index contributed by atoms with van der Waals surface area (Å²) in [5.74, 6) is -0.279. The summed E-state index contributed by atoms with van der Waals surface area (Å²) in [5.41, 5.74) is 0. The van der Waals surface area contributed by atoms with Crippen molar-refractivity contribution in [1.29, 1.82) is 0 Å². The van der Waals surface area contributed by atoms with Crippen LogP contribution in [-0.2, 0) is 33.2 Å². The average molecular weight is 1130 g/mol. The molecule has 1 amide bonds. The van der Waals surface area contributed by atoms with Gasteiger partial charge >= 0.3 is 0 Å². The van der Waals surface area contributed by atoms with Gasteiger partial charge < -0.3 is 89.9 Å². The maximum absolute atomic E-state index is 13.3. The maximum Gasteiger partial charge on any atom is 0.220 e. The number of aliphatic hydroxyl groups excluding tert-OH is 11. The minimum atomic E-state index is -1.98. The van der Waals surface area contributed by atoms with Gasteiger partial charge in [0.1, 0.15) is 73.2 Å². The van der Waals surface area contributed by atoms with E-state index in [0.717, 1.165) is 57.8 Å². The SMILES string of the molecule is CCCCCCCC/C=C\CCCCCCCCCC(=O)NC(COC1OC(CO)C(OC2OC(CO)C(OC3OC(CO)C(O)C(O)C3O)C(O)C2O)C(O)C1O)C(O)/C=C/CCCCCCCCCCCCCCCCC. The van der Waals surface area contributed by atoms with Crippen molar-refractivity contribution in [2.24, 2.45) is 0 Å². The first-order chi connectivity index (χ1) is 38.3. The lowest BCUT2D eigenvalue weighted by Crippen LogP contribution is -2.66. The Balaban J connectivity index is 1.50. The summed E-state index contributed by atoms with van der Waals surface area (Å²) in [5, 5.41) is 120. The summed E-state index contributed by atoms with van der Waals surface area (Å²) in [6, 6.07) is -0.972. The molecule has 0 radical (unpaired) electrons. The Morgan fingerprint density at radius 3 is 1.23 bits per heavy atom. The molecule has 0 bridgehead atoms. The van der Waals surface area contributed by atoms with Crippen LogP contribution < -0.4 is 5.32 Å². The molecule has 3 aliphatic heterocycles. The van der Waals surface area contributed by atoms with Crippen LogP contribution in [0.2, 0.25) is 0 Å². The van der Waals surface area contributed by atoms with Crippen molar-refractivity contribution in [2.75, 3.05) is 26.4 Å². The topological polar surface area (TPSA) is 307 Å². The van der Waals surface area contributed by atoms with E-state index >= 15 is 0 Å². The Bertz CT molecular complexity index is 1540. The molecule has 0 aliphatic carbocycles. The van der Waals surface area contributed by atoms with Crippen LogP contribution in [0.15, 0.2) is 24.3 Å². The van der Waals surface area contributed by atoms with E-state index in [0.29, 0.717) is 6.42 Å². The third-order valence-electron chi connectivity index (χ3n) is 15.7. The molecule has 17 unspecified atom stereocenters. The van der Waals surface area contributed by atoms with E-state index in [4.69, 9.17) is 28.4 Å². The fourth-order valence-corrected chi connectivity index (χ4v) is 10.6. The standard InChI is InChI=1S/C60H111NO18/c1-3-5-7-9-11-13-15-17-19-21-23-25-27-29-31-33-35-37-44(65)43(61-48(66)38-36-34-32-30-28-26-24-22-20-18-16-14-12-10-8-6-4-2)42-74-58-54(72)51(69)56(46(40-63)76-58)79-60-55(73)52(70)57(47(41-64)77-60)78-59-53(71)50(68)49(67)45(39-62)75-59/h18,20,35,37,43-47,49-60,62-65,67-73H,3-17,19,21-34,36,38-42H2,1-2H3,(H,61,66)/b20-18-,37-35+. The zero-order chi connectivity index (χ0) is 57.6. The van der Waals surface area contributed by atoms with E-state index in [2.05, 4.69) is 31.3 Å². The first-order valence-electron chi connectivity index (χ1n) is 31.1. The summed E-state index contributed by atoms with van der Waals surface area (Å²) in [4.78, 5) is 13.3. The van der Waals surface area contributed by atoms with Crippen molar-refractivity contribution >= 4 is 5.91 Å². The molecule has 3 heterocycles. The molecule has 0 aromatic rings. The van der Waals surface area contributed by atoms with E-state index in [1.807, 2.05) is 6.08 Å². The van der Waals surface area contributed by atoms with Gasteiger partial charge in [-0.1, -0.05) is 192 Å². The molecule has 19 heteroatoms. The van der Waals surface area contributed by atoms with Crippen LogP contribution in [0.3, 0.4) is 0 Å². The number of aliphatic hydroxyl groups is 11. The van der Waals surface area contributed by atoms with Crippen LogP contribution in [0.5, 0.6) is 0 Å². The van der Waals surface area contributed by atoms with Crippen LogP contribution in [0.1, 0.15) is 219 Å². The number of hydrogen-bond donors (Lipinski definition) is 12. The van der Waals surface area contributed by atoms with Crippen LogP contribution in [0, 0.1) is 0 Å². The minimum absolute atomic E-state index is 0.240. The Morgan fingerprint density at radius 1 is 0.443 bits per heavy atom. The van der Waals surface area contributed by atoms with Gasteiger partial charge in [0.15, 0.2) is 18.9 Å². The minimum Gasteiger partial charge on any atom is -0.394 e. The number of carbonyl (C=O) groups excluding carboxylic acids is 1. The Hall–Kier alpha value is -1.73. The molecule has 17 atom stereocenters. The number of unbranched alkanes of at least 4 members (excludes halogenated alkanes) is 28. The summed E-state index contributed by atoms with van der Waals surface area (Å²) in [6.07, 6.45) is 18.6. The van der Waals surface area contributed by atoms with Crippen LogP contribution >= 0.6 is 0 Å². The fourth-order valence-electron chi connectivity index (χ4n) is 10.6. The third kappa shape index (κ3) is 27.7. The van der Waals surface area contributed by atoms with E-state index in [9.17, 15) is 61.0 Å². The number of allylic oxidation sites excluding steroid dienone is 3. The van der Waals surface area contributed by atoms with Crippen molar-refractivity contribution < 1.29 is 89.4 Å². The van der Waals surface area contributed by atoms with E-state index in [1.165, 1.54) is 135 Å². The quantitative estimate of drug-likeness (QED) is 0.0248. The van der Waals surface area contributed by atoms with Crippen molar-refractivity contribution in [1.82, 2.24) is 5.32 Å².